The first-order valence-electron chi connectivity index (χ1n) is 22.0. The molecule has 5 rings (SSSR count). The number of aryl methyl sites for hydroxylation is 3. The molecule has 410 valence electrons. The number of phenolic OH excluding ortho intramolecular Hbond substituents is 2. The zero-order valence-electron chi connectivity index (χ0n) is 44.8. The summed E-state index contributed by atoms with van der Waals surface area (Å²) in [4.78, 5) is 24.0. The van der Waals surface area contributed by atoms with Crippen LogP contribution in [0.25, 0.3) is 12.2 Å². The van der Waals surface area contributed by atoms with Crippen LogP contribution in [0.15, 0.2) is 103 Å². The van der Waals surface area contributed by atoms with E-state index in [1.165, 1.54) is 39.5 Å². The van der Waals surface area contributed by atoms with E-state index < -0.39 is 0 Å². The second-order valence-electron chi connectivity index (χ2n) is 13.6. The van der Waals surface area contributed by atoms with Crippen LogP contribution in [-0.4, -0.2) is 145 Å². The number of allylic oxidation sites excluding steroid dienone is 2. The Hall–Kier alpha value is -7.00. The molecule has 73 heavy (non-hydrogen) atoms. The molecule has 0 saturated carbocycles. The van der Waals surface area contributed by atoms with E-state index in [2.05, 4.69) is 4.74 Å². The van der Waals surface area contributed by atoms with Gasteiger partial charge in [0.15, 0.2) is 46.1 Å². The largest absolute Gasteiger partial charge is 0.508 e. The molecule has 0 aliphatic carbocycles. The Bertz CT molecular complexity index is 2090. The van der Waals surface area contributed by atoms with Gasteiger partial charge in [0.25, 0.3) is 0 Å². The van der Waals surface area contributed by atoms with Gasteiger partial charge in [-0.3, -0.25) is 9.59 Å². The third-order valence-electron chi connectivity index (χ3n) is 8.03. The first kappa shape index (κ1) is 74.9. The number of ketones is 2. The highest BCUT2D eigenvalue weighted by molar-refractivity contribution is 6.10. The molecule has 0 aliphatic heterocycles. The Morgan fingerprint density at radius 1 is 0.425 bits per heavy atom. The molecule has 0 fully saturated rings. The first-order valence-corrected chi connectivity index (χ1v) is 22.0. The molecule has 0 aliphatic rings. The van der Waals surface area contributed by atoms with E-state index in [1.807, 2.05) is 26.8 Å². The number of ether oxygens (including phenoxy) is 5. The zero-order chi connectivity index (χ0) is 57.3. The van der Waals surface area contributed by atoms with Gasteiger partial charge in [-0.1, -0.05) is 65.7 Å². The van der Waals surface area contributed by atoms with E-state index in [0.717, 1.165) is 43.6 Å². The molecule has 11 N–H and O–H groups in total. The molecule has 0 heterocycles. The van der Waals surface area contributed by atoms with Crippen LogP contribution in [0, 0.1) is 20.8 Å². The Kier molecular flexibility index (Phi) is 51.3. The van der Waals surface area contributed by atoms with Crippen LogP contribution < -0.4 is 18.9 Å². The minimum absolute atomic E-state index is 0.0152. The second kappa shape index (κ2) is 50.0. The van der Waals surface area contributed by atoms with Crippen molar-refractivity contribution in [2.24, 2.45) is 0 Å². The monoisotopic (exact) mass is 1030 g/mol. The highest BCUT2D eigenvalue weighted by atomic mass is 16.5. The average Bonchev–Trinajstić information content (AvgIpc) is 3.40. The molecule has 0 aromatic heterocycles. The number of phenols is 4. The third-order valence-corrected chi connectivity index (χ3v) is 8.03. The van der Waals surface area contributed by atoms with E-state index in [0.29, 0.717) is 39.7 Å². The highest BCUT2D eigenvalue weighted by Crippen LogP contribution is 2.29. The van der Waals surface area contributed by atoms with Crippen molar-refractivity contribution in [3.05, 3.63) is 142 Å². The second-order valence-corrected chi connectivity index (χ2v) is 13.6. The van der Waals surface area contributed by atoms with Gasteiger partial charge in [0.1, 0.15) is 11.5 Å². The molecule has 0 radical (unpaired) electrons. The minimum atomic E-state index is -0.325. The van der Waals surface area contributed by atoms with Crippen LogP contribution in [0.3, 0.4) is 0 Å². The third kappa shape index (κ3) is 36.6. The fourth-order valence-electron chi connectivity index (χ4n) is 4.89. The first-order chi connectivity index (χ1) is 34.9. The quantitative estimate of drug-likeness (QED) is 0.0449. The Balaban J connectivity index is -0.000000283. The number of hydrogen-bond donors (Lipinski definition) is 11. The molecule has 0 unspecified atom stereocenters. The molecule has 0 saturated heterocycles. The lowest BCUT2D eigenvalue weighted by Gasteiger charge is -2.07. The van der Waals surface area contributed by atoms with Gasteiger partial charge in [-0.25, -0.2) is 0 Å². The number of methoxy groups -OCH3 is 5. The lowest BCUT2D eigenvalue weighted by Crippen LogP contribution is -2.01. The Labute approximate surface area is 431 Å². The SMILES string of the molecule is CCO.CCO.CO.CO.CO.COC.COc1cc(/C=C/C(=O)CC(=O)/C=C/c2ccc(OC)c(OC)c2)ccc1O.COc1cc(C)ccc1O.Cc1ccc(O)c(CO)c1.Cc1ccc(O)c(CO)c1. The number of benzene rings is 5. The fraction of sp³-hybridized carbons (Fsp3) is 0.345. The molecule has 5 aromatic carbocycles. The maximum atomic E-state index is 12.0. The maximum absolute atomic E-state index is 12.0. The van der Waals surface area contributed by atoms with Crippen molar-refractivity contribution in [1.82, 2.24) is 0 Å². The minimum Gasteiger partial charge on any atom is -0.508 e. The van der Waals surface area contributed by atoms with Crippen molar-refractivity contribution in [3.63, 3.8) is 0 Å². The number of aliphatic hydroxyl groups excluding tert-OH is 7. The van der Waals surface area contributed by atoms with Gasteiger partial charge >= 0.3 is 0 Å². The van der Waals surface area contributed by atoms with Crippen LogP contribution in [0.2, 0.25) is 0 Å². The number of rotatable bonds is 12. The number of carbonyl (C=O) groups is 2. The van der Waals surface area contributed by atoms with E-state index in [1.54, 1.807) is 126 Å². The number of aromatic hydroxyl groups is 4. The highest BCUT2D eigenvalue weighted by Gasteiger charge is 2.07. The van der Waals surface area contributed by atoms with E-state index in [-0.39, 0.29) is 67.4 Å². The van der Waals surface area contributed by atoms with Gasteiger partial charge in [0.05, 0.1) is 48.1 Å². The Morgan fingerprint density at radius 3 is 1.03 bits per heavy atom. The fourth-order valence-corrected chi connectivity index (χ4v) is 4.89. The lowest BCUT2D eigenvalue weighted by atomic mass is 10.1. The Morgan fingerprint density at radius 2 is 0.712 bits per heavy atom. The van der Waals surface area contributed by atoms with Gasteiger partial charge in [0, 0.05) is 59.9 Å². The molecule has 5 aromatic rings. The summed E-state index contributed by atoms with van der Waals surface area (Å²) in [7, 11) is 12.3. The van der Waals surface area contributed by atoms with Crippen LogP contribution in [0.1, 0.15) is 59.2 Å². The van der Waals surface area contributed by atoms with Crippen molar-refractivity contribution in [2.75, 3.05) is 77.2 Å². The molecule has 0 bridgehead atoms. The van der Waals surface area contributed by atoms with Crippen LogP contribution >= 0.6 is 0 Å². The van der Waals surface area contributed by atoms with Gasteiger partial charge in [-0.2, -0.15) is 0 Å². The smallest absolute Gasteiger partial charge is 0.163 e. The summed E-state index contributed by atoms with van der Waals surface area (Å²) < 4.78 is 24.5. The molecule has 0 atom stereocenters. The van der Waals surface area contributed by atoms with Crippen LogP contribution in [-0.2, 0) is 27.5 Å². The van der Waals surface area contributed by atoms with Gasteiger partial charge in [0.2, 0.25) is 0 Å². The topological polar surface area (TPSA) is 303 Å². The normalized spacial score (nSPS) is 9.16. The van der Waals surface area contributed by atoms with E-state index in [4.69, 9.17) is 70.0 Å². The number of aliphatic hydroxyl groups is 7. The summed E-state index contributed by atoms with van der Waals surface area (Å²) in [5.41, 5.74) is 5.76. The molecule has 18 nitrogen and oxygen atoms in total. The molecule has 0 spiro atoms. The summed E-state index contributed by atoms with van der Waals surface area (Å²) in [6.45, 7) is 9.43. The predicted molar refractivity (Wildman–Crippen MR) is 287 cm³/mol. The lowest BCUT2D eigenvalue weighted by molar-refractivity contribution is -0.121. The van der Waals surface area contributed by atoms with Gasteiger partial charge < -0.3 is 79.9 Å². The van der Waals surface area contributed by atoms with Crippen molar-refractivity contribution in [1.29, 1.82) is 0 Å². The molecular formula is C55H82O18. The standard InChI is InChI=1S/C22H22O6.3C8H10O2.3C2H6O.3CH4O/c1-26-20-11-7-16(13-22(20)28-3)5-9-18(24)14-17(23)8-4-15-6-10-19(25)21(12-15)27-2;1-6-3-4-7(9)8(5-6)10-2;2*1-6-2-3-8(10)7(4-6)5-9;1-3-2;2*1-2-3;3*1-2/h4-13,25H,14H2,1-3H3;3-5,9H,1-2H3;2*2-4,9-10H,5H2,1H3;1-2H3;2*3H,2H2,1H3;3*2H,1H3/b8-4+,9-5+;;;;;;;;;. The van der Waals surface area contributed by atoms with E-state index in [9.17, 15) is 14.7 Å². The maximum Gasteiger partial charge on any atom is 0.163 e. The van der Waals surface area contributed by atoms with Crippen molar-refractivity contribution in [2.45, 2.75) is 54.3 Å². The van der Waals surface area contributed by atoms with Gasteiger partial charge in [-0.05, 0) is 112 Å². The average molecular weight is 1030 g/mol. The predicted octanol–water partition coefficient (Wildman–Crippen LogP) is 6.85. The summed E-state index contributed by atoms with van der Waals surface area (Å²) in [6, 6.07) is 25.5. The van der Waals surface area contributed by atoms with Crippen molar-refractivity contribution >= 4 is 23.7 Å². The summed E-state index contributed by atoms with van der Waals surface area (Å²) >= 11 is 0. The molecule has 0 amide bonds. The number of carbonyl (C=O) groups excluding carboxylic acids is 2. The van der Waals surface area contributed by atoms with Crippen LogP contribution in [0.4, 0.5) is 0 Å². The van der Waals surface area contributed by atoms with Crippen molar-refractivity contribution in [3.8, 4) is 46.0 Å². The number of hydrogen-bond acceptors (Lipinski definition) is 18. The zero-order valence-corrected chi connectivity index (χ0v) is 44.8. The summed E-state index contributed by atoms with van der Waals surface area (Å²) in [6.07, 6.45) is 5.63. The van der Waals surface area contributed by atoms with E-state index >= 15 is 0 Å². The summed E-state index contributed by atoms with van der Waals surface area (Å²) in [5, 5.41) is 90.3. The molecular weight excluding hydrogens is 949 g/mol. The summed E-state index contributed by atoms with van der Waals surface area (Å²) in [5.74, 6) is 1.87. The molecule has 18 heteroatoms. The van der Waals surface area contributed by atoms with Crippen molar-refractivity contribution < 1.29 is 89.4 Å². The van der Waals surface area contributed by atoms with Crippen LogP contribution in [0.5, 0.6) is 46.0 Å². The van der Waals surface area contributed by atoms with Gasteiger partial charge in [-0.15, -0.1) is 0 Å².